The first-order valence-corrected chi connectivity index (χ1v) is 12.7. The lowest BCUT2D eigenvalue weighted by Crippen LogP contribution is -2.35. The molecule has 0 aliphatic carbocycles. The van der Waals surface area contributed by atoms with E-state index < -0.39 is 23.7 Å². The van der Waals surface area contributed by atoms with Gasteiger partial charge in [0.25, 0.3) is 11.1 Å². The molecule has 0 spiro atoms. The van der Waals surface area contributed by atoms with Crippen LogP contribution >= 0.6 is 11.8 Å². The predicted molar refractivity (Wildman–Crippen MR) is 139 cm³/mol. The first kappa shape index (κ1) is 26.3. The Morgan fingerprint density at radius 1 is 1.09 bits per heavy atom. The molecule has 35 heavy (non-hydrogen) atoms. The van der Waals surface area contributed by atoms with Gasteiger partial charge in [-0.05, 0) is 62.7 Å². The maximum Gasteiger partial charge on any atom is 0.326 e. The van der Waals surface area contributed by atoms with E-state index in [-0.39, 0.29) is 11.0 Å². The second-order valence-corrected chi connectivity index (χ2v) is 9.14. The fourth-order valence-electron chi connectivity index (χ4n) is 3.54. The summed E-state index contributed by atoms with van der Waals surface area (Å²) in [5, 5.41) is -0.492. The molecule has 7 nitrogen and oxygen atoms in total. The first-order chi connectivity index (χ1) is 16.9. The fraction of sp³-hybridized carbons (Fsp3) is 0.370. The summed E-state index contributed by atoms with van der Waals surface area (Å²) in [4.78, 5) is 40.9. The second kappa shape index (κ2) is 12.4. The van der Waals surface area contributed by atoms with E-state index in [2.05, 4.69) is 18.7 Å². The number of thioether (sulfide) groups is 1. The highest BCUT2D eigenvalue weighted by Crippen LogP contribution is 2.35. The Labute approximate surface area is 211 Å². The van der Waals surface area contributed by atoms with Crippen LogP contribution < -0.4 is 9.64 Å². The summed E-state index contributed by atoms with van der Waals surface area (Å²) < 4.78 is 11.4. The lowest BCUT2D eigenvalue weighted by Gasteiger charge is -2.22. The van der Waals surface area contributed by atoms with Crippen LogP contribution in [0.2, 0.25) is 0 Å². The highest BCUT2D eigenvalue weighted by molar-refractivity contribution is 8.18. The van der Waals surface area contributed by atoms with Crippen LogP contribution in [-0.4, -0.2) is 47.8 Å². The number of esters is 1. The average molecular weight is 497 g/mol. The van der Waals surface area contributed by atoms with Gasteiger partial charge in [-0.2, -0.15) is 0 Å². The van der Waals surface area contributed by atoms with E-state index in [1.54, 1.807) is 13.0 Å². The van der Waals surface area contributed by atoms with Crippen molar-refractivity contribution in [3.8, 4) is 5.75 Å². The van der Waals surface area contributed by atoms with E-state index >= 15 is 0 Å². The first-order valence-electron chi connectivity index (χ1n) is 11.9. The maximum absolute atomic E-state index is 12.9. The molecule has 8 heteroatoms. The Morgan fingerprint density at radius 3 is 2.46 bits per heavy atom. The van der Waals surface area contributed by atoms with Crippen LogP contribution in [0.1, 0.15) is 45.2 Å². The molecule has 0 saturated carbocycles. The Morgan fingerprint density at radius 2 is 1.80 bits per heavy atom. The van der Waals surface area contributed by atoms with E-state index in [0.717, 1.165) is 41.0 Å². The van der Waals surface area contributed by atoms with E-state index in [0.29, 0.717) is 24.3 Å². The molecule has 2 amide bonds. The maximum atomic E-state index is 12.9. The summed E-state index contributed by atoms with van der Waals surface area (Å²) >= 11 is 0.811. The third-order valence-corrected chi connectivity index (χ3v) is 6.63. The molecule has 1 atom stereocenters. The van der Waals surface area contributed by atoms with Crippen molar-refractivity contribution < 1.29 is 23.9 Å². The molecule has 1 aliphatic heterocycles. The summed E-state index contributed by atoms with van der Waals surface area (Å²) in [5.41, 5.74) is 2.72. The van der Waals surface area contributed by atoms with Gasteiger partial charge in [0.1, 0.15) is 18.9 Å². The third-order valence-electron chi connectivity index (χ3n) is 5.72. The zero-order valence-corrected chi connectivity index (χ0v) is 21.5. The van der Waals surface area contributed by atoms with E-state index in [1.807, 2.05) is 55.5 Å². The number of hydrogen-bond acceptors (Lipinski definition) is 7. The molecule has 1 aliphatic rings. The number of carbonyl (C=O) groups is 3. The summed E-state index contributed by atoms with van der Waals surface area (Å²) in [7, 11) is 0. The molecular formula is C27H32N2O5S. The average Bonchev–Trinajstić information content (AvgIpc) is 3.12. The van der Waals surface area contributed by atoms with Crippen LogP contribution in [0.5, 0.6) is 5.75 Å². The molecule has 2 aromatic carbocycles. The molecule has 0 unspecified atom stereocenters. The van der Waals surface area contributed by atoms with Crippen molar-refractivity contribution in [2.45, 2.75) is 46.8 Å². The number of nitrogens with zero attached hydrogens (tertiary/aromatic N) is 2. The zero-order chi connectivity index (χ0) is 25.4. The minimum Gasteiger partial charge on any atom is -0.488 e. The van der Waals surface area contributed by atoms with Gasteiger partial charge in [0, 0.05) is 30.4 Å². The molecule has 0 bridgehead atoms. The highest BCUT2D eigenvalue weighted by Gasteiger charge is 2.37. The van der Waals surface area contributed by atoms with Crippen molar-refractivity contribution in [1.82, 2.24) is 4.90 Å². The molecule has 2 aromatic rings. The molecular weight excluding hydrogens is 464 g/mol. The van der Waals surface area contributed by atoms with Crippen LogP contribution in [0.15, 0.2) is 53.4 Å². The van der Waals surface area contributed by atoms with Crippen molar-refractivity contribution in [3.63, 3.8) is 0 Å². The highest BCUT2D eigenvalue weighted by atomic mass is 32.2. The van der Waals surface area contributed by atoms with Crippen molar-refractivity contribution in [2.75, 3.05) is 24.5 Å². The number of hydrogen-bond donors (Lipinski definition) is 0. The number of imide groups is 1. The van der Waals surface area contributed by atoms with Gasteiger partial charge >= 0.3 is 5.97 Å². The second-order valence-electron chi connectivity index (χ2n) is 8.15. The third kappa shape index (κ3) is 6.88. The zero-order valence-electron chi connectivity index (χ0n) is 20.7. The Bertz CT molecular complexity index is 1080. The molecule has 0 aromatic heterocycles. The standard InChI is InChI=1S/C27H32N2O5S/c1-5-19(4)34-25(30)17-29-26(31)24(35-27(29)32)15-21-13-14-22(28(6-2)7-3)16-23(21)33-18-20-11-9-8-10-12-20/h8-16,19H,5-7,17-18H2,1-4H3/b24-15+/t19-/m0/s1. The predicted octanol–water partition coefficient (Wildman–Crippen LogP) is 5.49. The summed E-state index contributed by atoms with van der Waals surface area (Å²) in [6.07, 6.45) is 2.03. The van der Waals surface area contributed by atoms with Crippen LogP contribution in [0.3, 0.4) is 0 Å². The van der Waals surface area contributed by atoms with Crippen LogP contribution in [-0.2, 0) is 20.9 Å². The van der Waals surface area contributed by atoms with Crippen molar-refractivity contribution in [1.29, 1.82) is 0 Å². The van der Waals surface area contributed by atoms with Crippen molar-refractivity contribution in [2.24, 2.45) is 0 Å². The summed E-state index contributed by atoms with van der Waals surface area (Å²) in [6, 6.07) is 15.6. The van der Waals surface area contributed by atoms with Gasteiger partial charge < -0.3 is 14.4 Å². The topological polar surface area (TPSA) is 76.2 Å². The van der Waals surface area contributed by atoms with E-state index in [1.165, 1.54) is 0 Å². The van der Waals surface area contributed by atoms with Gasteiger partial charge in [0.15, 0.2) is 0 Å². The molecule has 0 radical (unpaired) electrons. The van der Waals surface area contributed by atoms with Gasteiger partial charge in [0.05, 0.1) is 11.0 Å². The Hall–Kier alpha value is -3.26. The molecule has 0 N–H and O–H groups in total. The monoisotopic (exact) mass is 496 g/mol. The number of anilines is 1. The SMILES string of the molecule is CC[C@H](C)OC(=O)CN1C(=O)S/C(=C/c2ccc(N(CC)CC)cc2OCc2ccccc2)C1=O. The van der Waals surface area contributed by atoms with Crippen molar-refractivity contribution >= 4 is 40.6 Å². The summed E-state index contributed by atoms with van der Waals surface area (Å²) in [6.45, 7) is 9.50. The van der Waals surface area contributed by atoms with Gasteiger partial charge in [-0.1, -0.05) is 37.3 Å². The number of ether oxygens (including phenoxy) is 2. The Balaban J connectivity index is 1.85. The quantitative estimate of drug-likeness (QED) is 0.301. The lowest BCUT2D eigenvalue weighted by molar-refractivity contribution is -0.150. The van der Waals surface area contributed by atoms with Crippen LogP contribution in [0.4, 0.5) is 10.5 Å². The van der Waals surface area contributed by atoms with Crippen molar-refractivity contribution in [3.05, 3.63) is 64.6 Å². The fourth-order valence-corrected chi connectivity index (χ4v) is 4.37. The van der Waals surface area contributed by atoms with Gasteiger partial charge in [0.2, 0.25) is 0 Å². The van der Waals surface area contributed by atoms with Crippen LogP contribution in [0, 0.1) is 0 Å². The van der Waals surface area contributed by atoms with Gasteiger partial charge in [-0.25, -0.2) is 0 Å². The number of amides is 2. The largest absolute Gasteiger partial charge is 0.488 e. The van der Waals surface area contributed by atoms with E-state index in [9.17, 15) is 14.4 Å². The minimum absolute atomic E-state index is 0.242. The normalized spacial score (nSPS) is 15.4. The molecule has 1 saturated heterocycles. The number of rotatable bonds is 11. The number of benzene rings is 2. The molecule has 1 fully saturated rings. The minimum atomic E-state index is -0.599. The van der Waals surface area contributed by atoms with Gasteiger partial charge in [-0.15, -0.1) is 0 Å². The number of carbonyl (C=O) groups excluding carboxylic acids is 3. The van der Waals surface area contributed by atoms with Gasteiger partial charge in [-0.3, -0.25) is 19.3 Å². The van der Waals surface area contributed by atoms with Crippen LogP contribution in [0.25, 0.3) is 6.08 Å². The lowest BCUT2D eigenvalue weighted by atomic mass is 10.1. The Kier molecular flexibility index (Phi) is 9.37. The summed E-state index contributed by atoms with van der Waals surface area (Å²) in [5.74, 6) is -0.498. The molecule has 1 heterocycles. The molecule has 3 rings (SSSR count). The van der Waals surface area contributed by atoms with E-state index in [4.69, 9.17) is 9.47 Å². The molecule has 186 valence electrons. The smallest absolute Gasteiger partial charge is 0.326 e.